The van der Waals surface area contributed by atoms with Crippen LogP contribution >= 0.6 is 0 Å². The number of primary amides is 1. The molecule has 1 aliphatic rings. The first kappa shape index (κ1) is 17.5. The highest BCUT2D eigenvalue weighted by molar-refractivity contribution is 5.76. The fourth-order valence-electron chi connectivity index (χ4n) is 3.76. The number of piperidine rings is 1. The zero-order valence-electron chi connectivity index (χ0n) is 14.8. The van der Waals surface area contributed by atoms with Crippen molar-refractivity contribution in [3.05, 3.63) is 41.7 Å². The minimum atomic E-state index is -0.167. The number of nitrogens with two attached hydrogens (primary N) is 1. The summed E-state index contributed by atoms with van der Waals surface area (Å²) in [5.41, 5.74) is 6.66. The van der Waals surface area contributed by atoms with Gasteiger partial charge in [0.2, 0.25) is 11.7 Å². The number of nitrogens with one attached hydrogen (secondary N) is 1. The first-order valence-corrected chi connectivity index (χ1v) is 9.13. The summed E-state index contributed by atoms with van der Waals surface area (Å²) in [5.74, 6) is 0.796. The van der Waals surface area contributed by atoms with Crippen molar-refractivity contribution in [2.75, 3.05) is 13.1 Å². The standard InChI is InChI=1S/C18H26N6O/c1-2-6-16(23-11-9-15(10-12-23)17(19)25)18-20-21-22-24(18)13-14-7-4-3-5-8-14/h3-5,7-8,15-16H,2,6,9-13H2,1H3,(H2,19,25)/p+1/t16-/m1/s1. The van der Waals surface area contributed by atoms with E-state index in [0.717, 1.165) is 44.6 Å². The second-order valence-electron chi connectivity index (χ2n) is 6.86. The summed E-state index contributed by atoms with van der Waals surface area (Å²) >= 11 is 0. The van der Waals surface area contributed by atoms with E-state index in [0.29, 0.717) is 6.54 Å². The molecule has 7 heteroatoms. The molecule has 1 aliphatic heterocycles. The highest BCUT2D eigenvalue weighted by atomic mass is 16.1. The van der Waals surface area contributed by atoms with Crippen LogP contribution in [-0.2, 0) is 11.3 Å². The van der Waals surface area contributed by atoms with Crippen molar-refractivity contribution in [2.45, 2.75) is 45.2 Å². The van der Waals surface area contributed by atoms with Crippen LogP contribution in [0.15, 0.2) is 30.3 Å². The molecule has 2 heterocycles. The van der Waals surface area contributed by atoms with Gasteiger partial charge >= 0.3 is 0 Å². The molecular weight excluding hydrogens is 316 g/mol. The molecule has 3 rings (SSSR count). The van der Waals surface area contributed by atoms with E-state index in [9.17, 15) is 4.79 Å². The van der Waals surface area contributed by atoms with Gasteiger partial charge in [0.25, 0.3) is 0 Å². The van der Waals surface area contributed by atoms with Gasteiger partial charge in [0.1, 0.15) is 6.04 Å². The first-order valence-electron chi connectivity index (χ1n) is 9.13. The Morgan fingerprint density at radius 2 is 2.04 bits per heavy atom. The summed E-state index contributed by atoms with van der Waals surface area (Å²) in [4.78, 5) is 12.9. The number of aromatic nitrogens is 4. The number of likely N-dealkylation sites (tertiary alicyclic amines) is 1. The van der Waals surface area contributed by atoms with E-state index in [-0.39, 0.29) is 17.9 Å². The second kappa shape index (κ2) is 8.20. The molecule has 0 radical (unpaired) electrons. The van der Waals surface area contributed by atoms with Gasteiger partial charge in [0.05, 0.1) is 19.6 Å². The predicted molar refractivity (Wildman–Crippen MR) is 93.6 cm³/mol. The van der Waals surface area contributed by atoms with Gasteiger partial charge in [-0.3, -0.25) is 4.79 Å². The number of tetrazole rings is 1. The van der Waals surface area contributed by atoms with E-state index in [1.54, 1.807) is 0 Å². The molecule has 25 heavy (non-hydrogen) atoms. The molecule has 0 aliphatic carbocycles. The van der Waals surface area contributed by atoms with Gasteiger partial charge in [0.15, 0.2) is 0 Å². The quantitative estimate of drug-likeness (QED) is 0.758. The smallest absolute Gasteiger partial charge is 0.220 e. The Labute approximate surface area is 148 Å². The summed E-state index contributed by atoms with van der Waals surface area (Å²) in [6.07, 6.45) is 3.81. The molecule has 1 atom stereocenters. The topological polar surface area (TPSA) is 91.1 Å². The van der Waals surface area contributed by atoms with Crippen molar-refractivity contribution >= 4 is 5.91 Å². The van der Waals surface area contributed by atoms with Gasteiger partial charge < -0.3 is 10.6 Å². The van der Waals surface area contributed by atoms with E-state index in [4.69, 9.17) is 5.73 Å². The molecular formula is C18H27N6O+. The average molecular weight is 343 g/mol. The monoisotopic (exact) mass is 343 g/mol. The first-order chi connectivity index (χ1) is 12.2. The fourth-order valence-corrected chi connectivity index (χ4v) is 3.76. The highest BCUT2D eigenvalue weighted by Crippen LogP contribution is 2.17. The van der Waals surface area contributed by atoms with Crippen molar-refractivity contribution in [1.82, 2.24) is 20.2 Å². The molecule has 1 saturated heterocycles. The number of benzene rings is 1. The Morgan fingerprint density at radius 3 is 2.68 bits per heavy atom. The van der Waals surface area contributed by atoms with Crippen LogP contribution in [0, 0.1) is 5.92 Å². The van der Waals surface area contributed by atoms with Crippen molar-refractivity contribution < 1.29 is 9.69 Å². The molecule has 1 aromatic carbocycles. The average Bonchev–Trinajstić information content (AvgIpc) is 3.08. The van der Waals surface area contributed by atoms with Crippen molar-refractivity contribution in [3.8, 4) is 0 Å². The van der Waals surface area contributed by atoms with E-state index >= 15 is 0 Å². The van der Waals surface area contributed by atoms with Crippen LogP contribution in [-0.4, -0.2) is 39.2 Å². The number of nitrogens with zero attached hydrogens (tertiary/aromatic N) is 4. The Morgan fingerprint density at radius 1 is 1.32 bits per heavy atom. The van der Waals surface area contributed by atoms with Crippen molar-refractivity contribution in [1.29, 1.82) is 0 Å². The molecule has 1 aromatic heterocycles. The van der Waals surface area contributed by atoms with Crippen LogP contribution in [0.5, 0.6) is 0 Å². The predicted octanol–water partition coefficient (Wildman–Crippen LogP) is 0.343. The Hall–Kier alpha value is -2.28. The minimum Gasteiger partial charge on any atom is -0.369 e. The molecule has 7 nitrogen and oxygen atoms in total. The van der Waals surface area contributed by atoms with E-state index in [1.165, 1.54) is 10.5 Å². The number of rotatable bonds is 7. The van der Waals surface area contributed by atoms with Crippen molar-refractivity contribution in [3.63, 3.8) is 0 Å². The van der Waals surface area contributed by atoms with Crippen LogP contribution in [0.2, 0.25) is 0 Å². The SMILES string of the molecule is CCC[C@H](c1nnnn1Cc1ccccc1)[NH+]1CCC(C(N)=O)CC1. The molecule has 0 unspecified atom stereocenters. The van der Waals surface area contributed by atoms with Crippen LogP contribution in [0.1, 0.15) is 50.0 Å². The molecule has 3 N–H and O–H groups in total. The molecule has 1 fully saturated rings. The van der Waals surface area contributed by atoms with Gasteiger partial charge in [-0.15, -0.1) is 5.10 Å². The lowest BCUT2D eigenvalue weighted by Crippen LogP contribution is -3.13. The number of carbonyl (C=O) groups excluding carboxylic acids is 1. The Balaban J connectivity index is 1.75. The summed E-state index contributed by atoms with van der Waals surface area (Å²) in [7, 11) is 0. The molecule has 2 aromatic rings. The van der Waals surface area contributed by atoms with Crippen LogP contribution < -0.4 is 10.6 Å². The summed E-state index contributed by atoms with van der Waals surface area (Å²) in [6, 6.07) is 10.5. The van der Waals surface area contributed by atoms with Gasteiger partial charge in [-0.1, -0.05) is 43.7 Å². The van der Waals surface area contributed by atoms with E-state index in [2.05, 4.69) is 34.6 Å². The number of quaternary nitrogens is 1. The molecule has 0 spiro atoms. The number of hydrogen-bond donors (Lipinski definition) is 2. The third-order valence-corrected chi connectivity index (χ3v) is 5.15. The second-order valence-corrected chi connectivity index (χ2v) is 6.86. The number of carbonyl (C=O) groups is 1. The maximum atomic E-state index is 11.4. The van der Waals surface area contributed by atoms with Crippen LogP contribution in [0.3, 0.4) is 0 Å². The van der Waals surface area contributed by atoms with Gasteiger partial charge in [-0.05, 0) is 16.0 Å². The Kier molecular flexibility index (Phi) is 5.75. The Bertz CT molecular complexity index is 678. The summed E-state index contributed by atoms with van der Waals surface area (Å²) in [6.45, 7) is 4.75. The lowest BCUT2D eigenvalue weighted by Gasteiger charge is -2.33. The van der Waals surface area contributed by atoms with E-state index < -0.39 is 0 Å². The molecule has 0 saturated carbocycles. The highest BCUT2D eigenvalue weighted by Gasteiger charge is 2.34. The van der Waals surface area contributed by atoms with Crippen molar-refractivity contribution in [2.24, 2.45) is 11.7 Å². The molecule has 134 valence electrons. The molecule has 1 amide bonds. The fraction of sp³-hybridized carbons (Fsp3) is 0.556. The number of hydrogen-bond acceptors (Lipinski definition) is 4. The number of amides is 1. The van der Waals surface area contributed by atoms with Crippen LogP contribution in [0.4, 0.5) is 0 Å². The van der Waals surface area contributed by atoms with Gasteiger partial charge in [-0.25, -0.2) is 4.68 Å². The maximum absolute atomic E-state index is 11.4. The normalized spacial score (nSPS) is 21.8. The third kappa shape index (κ3) is 4.22. The zero-order chi connectivity index (χ0) is 17.6. The van der Waals surface area contributed by atoms with Gasteiger partial charge in [-0.2, -0.15) is 0 Å². The zero-order valence-corrected chi connectivity index (χ0v) is 14.8. The van der Waals surface area contributed by atoms with Gasteiger partial charge in [0, 0.05) is 25.2 Å². The lowest BCUT2D eigenvalue weighted by atomic mass is 9.94. The molecule has 0 bridgehead atoms. The maximum Gasteiger partial charge on any atom is 0.220 e. The largest absolute Gasteiger partial charge is 0.369 e. The summed E-state index contributed by atoms with van der Waals surface area (Å²) in [5, 5.41) is 12.5. The van der Waals surface area contributed by atoms with Crippen LogP contribution in [0.25, 0.3) is 0 Å². The van der Waals surface area contributed by atoms with E-state index in [1.807, 2.05) is 22.9 Å². The summed E-state index contributed by atoms with van der Waals surface area (Å²) < 4.78 is 1.92. The lowest BCUT2D eigenvalue weighted by molar-refractivity contribution is -0.938. The minimum absolute atomic E-state index is 0.0198. The third-order valence-electron chi connectivity index (χ3n) is 5.15.